The average molecular weight is 276 g/mol. The van der Waals surface area contributed by atoms with Gasteiger partial charge >= 0.3 is 0 Å². The molecule has 0 bridgehead atoms. The third kappa shape index (κ3) is 4.57. The first kappa shape index (κ1) is 15.4. The molecule has 18 heavy (non-hydrogen) atoms. The van der Waals surface area contributed by atoms with E-state index in [1.165, 1.54) is 11.2 Å². The van der Waals surface area contributed by atoms with Gasteiger partial charge in [-0.2, -0.15) is 0 Å². The summed E-state index contributed by atoms with van der Waals surface area (Å²) in [7, 11) is -1.39. The first-order chi connectivity index (χ1) is 8.20. The van der Waals surface area contributed by atoms with Crippen molar-refractivity contribution >= 4 is 15.7 Å². The molecule has 1 amide bonds. The molecular weight excluding hydrogens is 252 g/mol. The predicted molar refractivity (Wildman–Crippen MR) is 71.9 cm³/mol. The average Bonchev–Trinajstić information content (AvgIpc) is 2.60. The molecule has 0 aromatic rings. The number of nitrogens with two attached hydrogens (primary N) is 1. The quantitative estimate of drug-likeness (QED) is 0.788. The van der Waals surface area contributed by atoms with Gasteiger partial charge in [-0.1, -0.05) is 6.42 Å². The summed E-state index contributed by atoms with van der Waals surface area (Å²) in [4.78, 5) is 13.6. The number of carbonyl (C=O) groups excluding carboxylic acids is 1. The van der Waals surface area contributed by atoms with Crippen molar-refractivity contribution in [2.24, 2.45) is 11.7 Å². The Hall–Kier alpha value is -0.620. The minimum Gasteiger partial charge on any atom is -0.342 e. The zero-order chi connectivity index (χ0) is 13.9. The van der Waals surface area contributed by atoms with Crippen molar-refractivity contribution in [1.29, 1.82) is 0 Å². The summed E-state index contributed by atoms with van der Waals surface area (Å²) in [6.45, 7) is 1.76. The Bertz CT molecular complexity index is 394. The van der Waals surface area contributed by atoms with E-state index in [0.29, 0.717) is 6.42 Å². The Morgan fingerprint density at radius 3 is 2.50 bits per heavy atom. The van der Waals surface area contributed by atoms with Gasteiger partial charge < -0.3 is 10.6 Å². The van der Waals surface area contributed by atoms with Crippen molar-refractivity contribution in [1.82, 2.24) is 4.90 Å². The molecule has 0 spiro atoms. The van der Waals surface area contributed by atoms with Crippen LogP contribution in [-0.4, -0.2) is 50.4 Å². The molecule has 1 fully saturated rings. The second-order valence-electron chi connectivity index (χ2n) is 5.51. The molecule has 0 heterocycles. The maximum atomic E-state index is 12.0. The number of sulfone groups is 1. The van der Waals surface area contributed by atoms with Gasteiger partial charge in [-0.05, 0) is 25.7 Å². The van der Waals surface area contributed by atoms with Crippen LogP contribution in [0.25, 0.3) is 0 Å². The fourth-order valence-corrected chi connectivity index (χ4v) is 3.58. The van der Waals surface area contributed by atoms with Crippen LogP contribution >= 0.6 is 0 Å². The van der Waals surface area contributed by atoms with Crippen LogP contribution in [0.2, 0.25) is 0 Å². The number of hydrogen-bond donors (Lipinski definition) is 1. The molecule has 6 heteroatoms. The molecule has 0 aromatic heterocycles. The molecule has 1 rings (SSSR count). The summed E-state index contributed by atoms with van der Waals surface area (Å²) < 4.78 is 22.4. The Morgan fingerprint density at radius 1 is 1.44 bits per heavy atom. The number of amides is 1. The lowest BCUT2D eigenvalue weighted by atomic mass is 9.99. The second kappa shape index (κ2) is 6.02. The van der Waals surface area contributed by atoms with E-state index in [0.717, 1.165) is 19.3 Å². The lowest BCUT2D eigenvalue weighted by Crippen LogP contribution is -2.41. The lowest BCUT2D eigenvalue weighted by Gasteiger charge is -2.26. The maximum Gasteiger partial charge on any atom is 0.222 e. The Morgan fingerprint density at radius 2 is 2.06 bits per heavy atom. The molecule has 0 radical (unpaired) electrons. The van der Waals surface area contributed by atoms with Gasteiger partial charge in [0, 0.05) is 31.8 Å². The van der Waals surface area contributed by atoms with Crippen LogP contribution in [-0.2, 0) is 14.6 Å². The second-order valence-corrected chi connectivity index (χ2v) is 7.69. The largest absolute Gasteiger partial charge is 0.342 e. The third-order valence-electron chi connectivity index (χ3n) is 3.75. The SMILES string of the molecule is CC(CS(C)(=O)=O)N(C)C(=O)C[C@@H]1CCC[C@H]1N. The molecule has 1 unspecified atom stereocenters. The zero-order valence-corrected chi connectivity index (χ0v) is 12.2. The van der Waals surface area contributed by atoms with Crippen molar-refractivity contribution in [2.75, 3.05) is 19.1 Å². The van der Waals surface area contributed by atoms with E-state index in [9.17, 15) is 13.2 Å². The Labute approximate surface area is 110 Å². The Kier molecular flexibility index (Phi) is 5.16. The van der Waals surface area contributed by atoms with Crippen molar-refractivity contribution < 1.29 is 13.2 Å². The molecule has 106 valence electrons. The van der Waals surface area contributed by atoms with Gasteiger partial charge in [0.2, 0.25) is 5.91 Å². The minimum atomic E-state index is -3.06. The Balaban J connectivity index is 2.50. The predicted octanol–water partition coefficient (Wildman–Crippen LogP) is 0.395. The number of hydrogen-bond acceptors (Lipinski definition) is 4. The third-order valence-corrected chi connectivity index (χ3v) is 4.84. The van der Waals surface area contributed by atoms with Gasteiger partial charge in [-0.3, -0.25) is 4.79 Å². The highest BCUT2D eigenvalue weighted by atomic mass is 32.2. The van der Waals surface area contributed by atoms with Gasteiger partial charge in [-0.25, -0.2) is 8.42 Å². The van der Waals surface area contributed by atoms with Crippen molar-refractivity contribution in [2.45, 2.75) is 44.7 Å². The summed E-state index contributed by atoms with van der Waals surface area (Å²) >= 11 is 0. The first-order valence-electron chi connectivity index (χ1n) is 6.39. The first-order valence-corrected chi connectivity index (χ1v) is 8.45. The van der Waals surface area contributed by atoms with Crippen molar-refractivity contribution in [3.8, 4) is 0 Å². The lowest BCUT2D eigenvalue weighted by molar-refractivity contribution is -0.132. The smallest absolute Gasteiger partial charge is 0.222 e. The van der Waals surface area contributed by atoms with E-state index in [1.807, 2.05) is 0 Å². The molecule has 0 aromatic carbocycles. The van der Waals surface area contributed by atoms with Crippen molar-refractivity contribution in [3.63, 3.8) is 0 Å². The minimum absolute atomic E-state index is 0.00591. The standard InChI is InChI=1S/C12H24N2O3S/c1-9(8-18(3,16)17)14(2)12(15)7-10-5-4-6-11(10)13/h9-11H,4-8,13H2,1-3H3/t9?,10-,11+/m0/s1. The summed E-state index contributed by atoms with van der Waals surface area (Å²) in [5.41, 5.74) is 5.94. The summed E-state index contributed by atoms with van der Waals surface area (Å²) in [5, 5.41) is 0. The van der Waals surface area contributed by atoms with E-state index >= 15 is 0 Å². The molecule has 0 aliphatic heterocycles. The van der Waals surface area contributed by atoms with Crippen LogP contribution in [0.5, 0.6) is 0 Å². The van der Waals surface area contributed by atoms with E-state index in [-0.39, 0.29) is 29.7 Å². The van der Waals surface area contributed by atoms with E-state index in [2.05, 4.69) is 0 Å². The van der Waals surface area contributed by atoms with Crippen LogP contribution in [0.3, 0.4) is 0 Å². The van der Waals surface area contributed by atoms with Gasteiger partial charge in [0.15, 0.2) is 0 Å². The fraction of sp³-hybridized carbons (Fsp3) is 0.917. The van der Waals surface area contributed by atoms with Crippen LogP contribution < -0.4 is 5.73 Å². The maximum absolute atomic E-state index is 12.0. The topological polar surface area (TPSA) is 80.5 Å². The van der Waals surface area contributed by atoms with Crippen LogP contribution in [0.15, 0.2) is 0 Å². The monoisotopic (exact) mass is 276 g/mol. The van der Waals surface area contributed by atoms with Gasteiger partial charge in [0.25, 0.3) is 0 Å². The fourth-order valence-electron chi connectivity index (χ4n) is 2.48. The molecule has 1 saturated carbocycles. The van der Waals surface area contributed by atoms with Gasteiger partial charge in [0.05, 0.1) is 5.75 Å². The zero-order valence-electron chi connectivity index (χ0n) is 11.4. The number of carbonyl (C=O) groups is 1. The molecular formula is C12H24N2O3S. The van der Waals surface area contributed by atoms with E-state index in [1.54, 1.807) is 14.0 Å². The highest BCUT2D eigenvalue weighted by Crippen LogP contribution is 2.27. The summed E-state index contributed by atoms with van der Waals surface area (Å²) in [6.07, 6.45) is 4.70. The van der Waals surface area contributed by atoms with Crippen molar-refractivity contribution in [3.05, 3.63) is 0 Å². The molecule has 3 atom stereocenters. The van der Waals surface area contributed by atoms with Crippen LogP contribution in [0, 0.1) is 5.92 Å². The summed E-state index contributed by atoms with van der Waals surface area (Å²) in [6, 6.07) is -0.169. The van der Waals surface area contributed by atoms with Gasteiger partial charge in [-0.15, -0.1) is 0 Å². The van der Waals surface area contributed by atoms with E-state index < -0.39 is 9.84 Å². The van der Waals surface area contributed by atoms with Gasteiger partial charge in [0.1, 0.15) is 9.84 Å². The van der Waals surface area contributed by atoms with E-state index in [4.69, 9.17) is 5.73 Å². The number of nitrogens with zero attached hydrogens (tertiary/aromatic N) is 1. The highest BCUT2D eigenvalue weighted by molar-refractivity contribution is 7.90. The van der Waals surface area contributed by atoms with Crippen LogP contribution in [0.4, 0.5) is 0 Å². The molecule has 1 aliphatic carbocycles. The van der Waals surface area contributed by atoms with Crippen LogP contribution in [0.1, 0.15) is 32.6 Å². The summed E-state index contributed by atoms with van der Waals surface area (Å²) in [5.74, 6) is 0.255. The highest BCUT2D eigenvalue weighted by Gasteiger charge is 2.28. The normalized spacial score (nSPS) is 26.0. The molecule has 5 nitrogen and oxygen atoms in total. The molecule has 1 aliphatic rings. The molecule has 0 saturated heterocycles. The molecule has 2 N–H and O–H groups in total. The number of rotatable bonds is 5.